The summed E-state index contributed by atoms with van der Waals surface area (Å²) in [6.07, 6.45) is 2.22. The highest BCUT2D eigenvalue weighted by atomic mass is 35.5. The molecule has 3 heteroatoms. The van der Waals surface area contributed by atoms with Crippen molar-refractivity contribution in [3.63, 3.8) is 0 Å². The summed E-state index contributed by atoms with van der Waals surface area (Å²) < 4.78 is 13.0. The molecule has 0 heterocycles. The molecule has 0 unspecified atom stereocenters. The Balaban J connectivity index is 0.000000720. The van der Waals surface area contributed by atoms with Crippen LogP contribution in [-0.4, -0.2) is 0 Å². The molecule has 2 rings (SSSR count). The molecule has 1 aliphatic rings. The van der Waals surface area contributed by atoms with E-state index in [0.717, 1.165) is 18.4 Å². The van der Waals surface area contributed by atoms with Crippen LogP contribution in [0.5, 0.6) is 0 Å². The van der Waals surface area contributed by atoms with E-state index in [0.29, 0.717) is 11.6 Å². The van der Waals surface area contributed by atoms with E-state index in [1.807, 2.05) is 0 Å². The Morgan fingerprint density at radius 3 is 2.58 bits per heavy atom. The summed E-state index contributed by atoms with van der Waals surface area (Å²) in [7, 11) is 0. The first-order valence-electron chi connectivity index (χ1n) is 3.82. The van der Waals surface area contributed by atoms with Gasteiger partial charge in [0.05, 0.1) is 0 Å². The van der Waals surface area contributed by atoms with Crippen molar-refractivity contribution in [3.05, 3.63) is 29.6 Å². The van der Waals surface area contributed by atoms with Gasteiger partial charge in [-0.3, -0.25) is 0 Å². The summed E-state index contributed by atoms with van der Waals surface area (Å²) in [6, 6.07) is 4.79. The minimum atomic E-state index is -0.110. The van der Waals surface area contributed by atoms with E-state index in [9.17, 15) is 4.39 Å². The predicted molar refractivity (Wildman–Crippen MR) is 50.0 cm³/mol. The third-order valence-electron chi connectivity index (χ3n) is 2.04. The molecule has 1 aromatic carbocycles. The molecule has 1 aromatic rings. The van der Waals surface area contributed by atoms with Crippen molar-refractivity contribution >= 4 is 18.1 Å². The topological polar surface area (TPSA) is 26.0 Å². The molecule has 12 heavy (non-hydrogen) atoms. The first-order valence-corrected chi connectivity index (χ1v) is 3.82. The second-order valence-electron chi connectivity index (χ2n) is 3.06. The average molecular weight is 188 g/mol. The van der Waals surface area contributed by atoms with Gasteiger partial charge in [0.15, 0.2) is 0 Å². The third-order valence-corrected chi connectivity index (χ3v) is 2.04. The largest absolute Gasteiger partial charge is 0.399 e. The van der Waals surface area contributed by atoms with E-state index in [1.54, 1.807) is 12.1 Å². The normalized spacial score (nSPS) is 15.4. The van der Waals surface area contributed by atoms with Crippen LogP contribution >= 0.6 is 12.4 Å². The second-order valence-corrected chi connectivity index (χ2v) is 3.06. The molecule has 0 atom stereocenters. The SMILES string of the molecule is Cl.Nc1ccc(F)c(C2CC2)c1. The van der Waals surface area contributed by atoms with Crippen LogP contribution in [0.1, 0.15) is 24.3 Å². The molecular weight excluding hydrogens is 177 g/mol. The van der Waals surface area contributed by atoms with Crippen molar-refractivity contribution in [3.8, 4) is 0 Å². The summed E-state index contributed by atoms with van der Waals surface area (Å²) in [5.41, 5.74) is 6.98. The molecule has 0 aromatic heterocycles. The number of benzene rings is 1. The first kappa shape index (κ1) is 9.33. The molecular formula is C9H11ClFN. The number of nitrogens with two attached hydrogens (primary N) is 1. The van der Waals surface area contributed by atoms with Gasteiger partial charge in [-0.1, -0.05) is 0 Å². The molecule has 1 fully saturated rings. The molecule has 1 saturated carbocycles. The Labute approximate surface area is 77.2 Å². The molecule has 1 nitrogen and oxygen atoms in total. The van der Waals surface area contributed by atoms with Crippen molar-refractivity contribution in [2.24, 2.45) is 0 Å². The van der Waals surface area contributed by atoms with Crippen LogP contribution in [0.2, 0.25) is 0 Å². The Kier molecular flexibility index (Phi) is 2.58. The standard InChI is InChI=1S/C9H10FN.ClH/c10-9-4-3-7(11)5-8(9)6-1-2-6;/h3-6H,1-2,11H2;1H. The molecule has 0 radical (unpaired) electrons. The smallest absolute Gasteiger partial charge is 0.126 e. The van der Waals surface area contributed by atoms with Gasteiger partial charge in [0.25, 0.3) is 0 Å². The molecule has 0 amide bonds. The van der Waals surface area contributed by atoms with Gasteiger partial charge in [0.1, 0.15) is 5.82 Å². The van der Waals surface area contributed by atoms with Crippen molar-refractivity contribution in [1.82, 2.24) is 0 Å². The third kappa shape index (κ3) is 1.69. The highest BCUT2D eigenvalue weighted by Crippen LogP contribution is 2.41. The monoisotopic (exact) mass is 187 g/mol. The predicted octanol–water partition coefficient (Wildman–Crippen LogP) is 2.71. The van der Waals surface area contributed by atoms with Gasteiger partial charge in [0.2, 0.25) is 0 Å². The Bertz CT molecular complexity index is 284. The molecule has 1 aliphatic carbocycles. The van der Waals surface area contributed by atoms with E-state index >= 15 is 0 Å². The summed E-state index contributed by atoms with van der Waals surface area (Å²) in [5, 5.41) is 0. The van der Waals surface area contributed by atoms with Crippen LogP contribution in [0, 0.1) is 5.82 Å². The Morgan fingerprint density at radius 1 is 1.33 bits per heavy atom. The van der Waals surface area contributed by atoms with E-state index in [2.05, 4.69) is 0 Å². The zero-order valence-electron chi connectivity index (χ0n) is 6.59. The highest BCUT2D eigenvalue weighted by molar-refractivity contribution is 5.85. The van der Waals surface area contributed by atoms with Gasteiger partial charge in [-0.25, -0.2) is 4.39 Å². The fourth-order valence-electron chi connectivity index (χ4n) is 1.27. The molecule has 66 valence electrons. The van der Waals surface area contributed by atoms with Crippen molar-refractivity contribution in [2.75, 3.05) is 5.73 Å². The zero-order chi connectivity index (χ0) is 7.84. The minimum Gasteiger partial charge on any atom is -0.399 e. The average Bonchev–Trinajstić information content (AvgIpc) is 2.76. The van der Waals surface area contributed by atoms with Crippen molar-refractivity contribution < 1.29 is 4.39 Å². The van der Waals surface area contributed by atoms with E-state index in [1.165, 1.54) is 6.07 Å². The Morgan fingerprint density at radius 2 is 2.00 bits per heavy atom. The number of halogens is 2. The van der Waals surface area contributed by atoms with E-state index in [4.69, 9.17) is 5.73 Å². The minimum absolute atomic E-state index is 0. The lowest BCUT2D eigenvalue weighted by Crippen LogP contribution is -1.90. The van der Waals surface area contributed by atoms with Crippen LogP contribution in [0.3, 0.4) is 0 Å². The van der Waals surface area contributed by atoms with Gasteiger partial charge in [-0.05, 0) is 42.5 Å². The lowest BCUT2D eigenvalue weighted by Gasteiger charge is -2.00. The van der Waals surface area contributed by atoms with Crippen LogP contribution in [-0.2, 0) is 0 Å². The van der Waals surface area contributed by atoms with E-state index < -0.39 is 0 Å². The van der Waals surface area contributed by atoms with Gasteiger partial charge in [0, 0.05) is 5.69 Å². The maximum absolute atomic E-state index is 13.0. The van der Waals surface area contributed by atoms with Crippen molar-refractivity contribution in [2.45, 2.75) is 18.8 Å². The van der Waals surface area contributed by atoms with Crippen LogP contribution < -0.4 is 5.73 Å². The lowest BCUT2D eigenvalue weighted by molar-refractivity contribution is 0.611. The summed E-state index contributed by atoms with van der Waals surface area (Å²) in [5.74, 6) is 0.334. The second kappa shape index (κ2) is 3.31. The molecule has 0 spiro atoms. The Hall–Kier alpha value is -0.760. The zero-order valence-corrected chi connectivity index (χ0v) is 7.40. The summed E-state index contributed by atoms with van der Waals surface area (Å²) >= 11 is 0. The fraction of sp³-hybridized carbons (Fsp3) is 0.333. The van der Waals surface area contributed by atoms with Crippen molar-refractivity contribution in [1.29, 1.82) is 0 Å². The number of hydrogen-bond acceptors (Lipinski definition) is 1. The van der Waals surface area contributed by atoms with Gasteiger partial charge in [-0.2, -0.15) is 0 Å². The molecule has 0 aliphatic heterocycles. The number of rotatable bonds is 1. The summed E-state index contributed by atoms with van der Waals surface area (Å²) in [4.78, 5) is 0. The van der Waals surface area contributed by atoms with Gasteiger partial charge in [-0.15, -0.1) is 12.4 Å². The van der Waals surface area contributed by atoms with E-state index in [-0.39, 0.29) is 18.2 Å². The molecule has 2 N–H and O–H groups in total. The lowest BCUT2D eigenvalue weighted by atomic mass is 10.1. The maximum Gasteiger partial charge on any atom is 0.126 e. The molecule has 0 bridgehead atoms. The number of anilines is 1. The number of nitrogen functional groups attached to an aromatic ring is 1. The fourth-order valence-corrected chi connectivity index (χ4v) is 1.27. The summed E-state index contributed by atoms with van der Waals surface area (Å²) in [6.45, 7) is 0. The maximum atomic E-state index is 13.0. The van der Waals surface area contributed by atoms with Gasteiger partial charge >= 0.3 is 0 Å². The van der Waals surface area contributed by atoms with Crippen LogP contribution in [0.15, 0.2) is 18.2 Å². The van der Waals surface area contributed by atoms with Gasteiger partial charge < -0.3 is 5.73 Å². The quantitative estimate of drug-likeness (QED) is 0.673. The highest BCUT2D eigenvalue weighted by Gasteiger charge is 2.26. The van der Waals surface area contributed by atoms with Crippen LogP contribution in [0.25, 0.3) is 0 Å². The van der Waals surface area contributed by atoms with Crippen LogP contribution in [0.4, 0.5) is 10.1 Å². The molecule has 0 saturated heterocycles. The first-order chi connectivity index (χ1) is 5.27. The number of hydrogen-bond donors (Lipinski definition) is 1.